The number of rotatable bonds is 7. The molecule has 0 bridgehead atoms. The molecule has 0 aliphatic carbocycles. The summed E-state index contributed by atoms with van der Waals surface area (Å²) < 4.78 is 19.0. The molecule has 1 atom stereocenters. The van der Waals surface area contributed by atoms with Crippen LogP contribution in [0.4, 0.5) is 4.39 Å². The highest BCUT2D eigenvalue weighted by Crippen LogP contribution is 2.24. The summed E-state index contributed by atoms with van der Waals surface area (Å²) in [7, 11) is 0. The quantitative estimate of drug-likeness (QED) is 0.755. The Bertz CT molecular complexity index is 346. The maximum absolute atomic E-state index is 13.5. The summed E-state index contributed by atoms with van der Waals surface area (Å²) in [5, 5.41) is 3.35. The van der Waals surface area contributed by atoms with Crippen molar-refractivity contribution in [2.45, 2.75) is 32.8 Å². The highest BCUT2D eigenvalue weighted by Gasteiger charge is 2.10. The summed E-state index contributed by atoms with van der Waals surface area (Å²) >= 11 is 5.67. The predicted molar refractivity (Wildman–Crippen MR) is 69.3 cm³/mol. The van der Waals surface area contributed by atoms with Crippen LogP contribution in [-0.2, 0) is 0 Å². The van der Waals surface area contributed by atoms with Crippen molar-refractivity contribution >= 4 is 11.6 Å². The first-order valence-corrected chi connectivity index (χ1v) is 6.34. The van der Waals surface area contributed by atoms with E-state index >= 15 is 0 Å². The lowest BCUT2D eigenvalue weighted by atomic mass is 10.3. The van der Waals surface area contributed by atoms with E-state index in [2.05, 4.69) is 12.2 Å². The van der Waals surface area contributed by atoms with E-state index in [1.807, 2.05) is 6.92 Å². The number of nitrogens with one attached hydrogen (secondary N) is 1. The van der Waals surface area contributed by atoms with E-state index in [1.165, 1.54) is 6.07 Å². The molecule has 2 nitrogen and oxygen atoms in total. The van der Waals surface area contributed by atoms with Gasteiger partial charge in [0, 0.05) is 6.54 Å². The molecule has 0 saturated carbocycles. The number of hydrogen-bond donors (Lipinski definition) is 1. The maximum atomic E-state index is 13.5. The average Bonchev–Trinajstić information content (AvgIpc) is 2.31. The third-order valence-corrected chi connectivity index (χ3v) is 2.68. The van der Waals surface area contributed by atoms with Gasteiger partial charge >= 0.3 is 0 Å². The fourth-order valence-corrected chi connectivity index (χ4v) is 1.61. The van der Waals surface area contributed by atoms with E-state index in [1.54, 1.807) is 12.1 Å². The van der Waals surface area contributed by atoms with E-state index < -0.39 is 5.82 Å². The zero-order valence-electron chi connectivity index (χ0n) is 10.3. The zero-order chi connectivity index (χ0) is 12.7. The van der Waals surface area contributed by atoms with Crippen LogP contribution in [0.15, 0.2) is 18.2 Å². The second-order valence-corrected chi connectivity index (χ2v) is 4.45. The minimum Gasteiger partial charge on any atom is -0.486 e. The molecule has 1 N–H and O–H groups in total. The molecule has 0 aliphatic heterocycles. The molecule has 17 heavy (non-hydrogen) atoms. The first kappa shape index (κ1) is 14.3. The van der Waals surface area contributed by atoms with Gasteiger partial charge in [-0.05, 0) is 32.0 Å². The molecule has 0 saturated heterocycles. The molecule has 0 fully saturated rings. The van der Waals surface area contributed by atoms with Gasteiger partial charge in [0.05, 0.1) is 5.02 Å². The average molecular weight is 260 g/mol. The fraction of sp³-hybridized carbons (Fsp3) is 0.538. The number of benzene rings is 1. The Morgan fingerprint density at radius 3 is 2.94 bits per heavy atom. The van der Waals surface area contributed by atoms with Gasteiger partial charge in [-0.3, -0.25) is 0 Å². The van der Waals surface area contributed by atoms with Crippen LogP contribution in [0.25, 0.3) is 0 Å². The SMILES string of the molecule is CCCCNCC(C)Oc1cccc(Cl)c1F. The van der Waals surface area contributed by atoms with Crippen LogP contribution in [0, 0.1) is 5.82 Å². The van der Waals surface area contributed by atoms with Crippen LogP contribution in [-0.4, -0.2) is 19.2 Å². The Labute approximate surface area is 107 Å². The van der Waals surface area contributed by atoms with Gasteiger partial charge in [-0.1, -0.05) is 31.0 Å². The molecule has 0 heterocycles. The second kappa shape index (κ2) is 7.51. The third kappa shape index (κ3) is 4.92. The number of unbranched alkanes of at least 4 members (excludes halogenated alkanes) is 1. The van der Waals surface area contributed by atoms with E-state index in [4.69, 9.17) is 16.3 Å². The second-order valence-electron chi connectivity index (χ2n) is 4.04. The first-order chi connectivity index (χ1) is 8.15. The molecule has 0 spiro atoms. The van der Waals surface area contributed by atoms with E-state index in [-0.39, 0.29) is 16.9 Å². The minimum absolute atomic E-state index is 0.0835. The first-order valence-electron chi connectivity index (χ1n) is 5.96. The van der Waals surface area contributed by atoms with Gasteiger partial charge in [0.25, 0.3) is 0 Å². The van der Waals surface area contributed by atoms with Crippen LogP contribution < -0.4 is 10.1 Å². The molecule has 1 aromatic carbocycles. The summed E-state index contributed by atoms with van der Waals surface area (Å²) in [6.45, 7) is 5.70. The van der Waals surface area contributed by atoms with E-state index in [9.17, 15) is 4.39 Å². The normalized spacial score (nSPS) is 12.5. The van der Waals surface area contributed by atoms with Crippen LogP contribution in [0.3, 0.4) is 0 Å². The molecule has 4 heteroatoms. The molecular weight excluding hydrogens is 241 g/mol. The molecular formula is C13H19ClFNO. The van der Waals surface area contributed by atoms with Gasteiger partial charge in [0.1, 0.15) is 6.10 Å². The van der Waals surface area contributed by atoms with Gasteiger partial charge < -0.3 is 10.1 Å². The number of halogens is 2. The highest BCUT2D eigenvalue weighted by atomic mass is 35.5. The standard InChI is InChI=1S/C13H19ClFNO/c1-3-4-8-16-9-10(2)17-12-7-5-6-11(14)13(12)15/h5-7,10,16H,3-4,8-9H2,1-2H3. The molecule has 0 aliphatic rings. The summed E-state index contributed by atoms with van der Waals surface area (Å²) in [5.74, 6) is -0.281. The molecule has 0 aromatic heterocycles. The lowest BCUT2D eigenvalue weighted by molar-refractivity contribution is 0.208. The van der Waals surface area contributed by atoms with Crippen molar-refractivity contribution in [3.05, 3.63) is 29.0 Å². The highest BCUT2D eigenvalue weighted by molar-refractivity contribution is 6.30. The summed E-state index contributed by atoms with van der Waals surface area (Å²) in [4.78, 5) is 0. The van der Waals surface area contributed by atoms with Crippen LogP contribution >= 0.6 is 11.6 Å². The molecule has 96 valence electrons. The third-order valence-electron chi connectivity index (χ3n) is 2.38. The maximum Gasteiger partial charge on any atom is 0.183 e. The van der Waals surface area contributed by atoms with E-state index in [0.29, 0.717) is 6.54 Å². The zero-order valence-corrected chi connectivity index (χ0v) is 11.1. The molecule has 0 amide bonds. The van der Waals surface area contributed by atoms with Crippen molar-refractivity contribution < 1.29 is 9.13 Å². The summed E-state index contributed by atoms with van der Waals surface area (Å²) in [5.41, 5.74) is 0. The van der Waals surface area contributed by atoms with Crippen LogP contribution in [0.5, 0.6) is 5.75 Å². The molecule has 0 radical (unpaired) electrons. The molecule has 1 rings (SSSR count). The van der Waals surface area contributed by atoms with Crippen molar-refractivity contribution in [2.24, 2.45) is 0 Å². The van der Waals surface area contributed by atoms with Crippen LogP contribution in [0.1, 0.15) is 26.7 Å². The van der Waals surface area contributed by atoms with Gasteiger partial charge in [-0.2, -0.15) is 0 Å². The van der Waals surface area contributed by atoms with Gasteiger partial charge in [-0.25, -0.2) is 4.39 Å². The fourth-order valence-electron chi connectivity index (χ4n) is 1.44. The Morgan fingerprint density at radius 1 is 1.47 bits per heavy atom. The van der Waals surface area contributed by atoms with Gasteiger partial charge in [0.15, 0.2) is 11.6 Å². The smallest absolute Gasteiger partial charge is 0.183 e. The Balaban J connectivity index is 2.39. The van der Waals surface area contributed by atoms with Crippen molar-refractivity contribution in [3.63, 3.8) is 0 Å². The van der Waals surface area contributed by atoms with Crippen molar-refractivity contribution in [1.29, 1.82) is 0 Å². The van der Waals surface area contributed by atoms with Crippen molar-refractivity contribution in [2.75, 3.05) is 13.1 Å². The Morgan fingerprint density at radius 2 is 2.24 bits per heavy atom. The molecule has 1 aromatic rings. The van der Waals surface area contributed by atoms with Crippen molar-refractivity contribution in [1.82, 2.24) is 5.32 Å². The summed E-state index contributed by atoms with van der Waals surface area (Å²) in [6, 6.07) is 4.77. The topological polar surface area (TPSA) is 21.3 Å². The Kier molecular flexibility index (Phi) is 6.30. The minimum atomic E-state index is -0.491. The number of hydrogen-bond acceptors (Lipinski definition) is 2. The van der Waals surface area contributed by atoms with Gasteiger partial charge in [0.2, 0.25) is 0 Å². The van der Waals surface area contributed by atoms with Crippen molar-refractivity contribution in [3.8, 4) is 5.75 Å². The monoisotopic (exact) mass is 259 g/mol. The Hall–Kier alpha value is -0.800. The molecule has 1 unspecified atom stereocenters. The van der Waals surface area contributed by atoms with Crippen LogP contribution in [0.2, 0.25) is 5.02 Å². The lowest BCUT2D eigenvalue weighted by Crippen LogP contribution is -2.29. The summed E-state index contributed by atoms with van der Waals surface area (Å²) in [6.07, 6.45) is 2.21. The lowest BCUT2D eigenvalue weighted by Gasteiger charge is -2.16. The number of ether oxygens (including phenoxy) is 1. The van der Waals surface area contributed by atoms with Gasteiger partial charge in [-0.15, -0.1) is 0 Å². The largest absolute Gasteiger partial charge is 0.486 e. The van der Waals surface area contributed by atoms with E-state index in [0.717, 1.165) is 19.4 Å². The predicted octanol–water partition coefficient (Wildman–Crippen LogP) is 3.64.